The monoisotopic (exact) mass is 338 g/mol. The molecule has 0 aliphatic carbocycles. The molecule has 0 aliphatic rings. The maximum Gasteiger partial charge on any atom is 0.341 e. The summed E-state index contributed by atoms with van der Waals surface area (Å²) in [7, 11) is 0. The number of carbonyl (C=O) groups is 1. The lowest BCUT2D eigenvalue weighted by Crippen LogP contribution is -2.10. The van der Waals surface area contributed by atoms with Gasteiger partial charge in [0.2, 0.25) is 0 Å². The van der Waals surface area contributed by atoms with Gasteiger partial charge in [-0.1, -0.05) is 6.07 Å². The molecule has 3 rings (SSSR count). The molecule has 2 aromatic heterocycles. The minimum Gasteiger partial charge on any atom is -0.479 e. The van der Waals surface area contributed by atoms with Crippen LogP contribution in [0, 0.1) is 11.3 Å². The maximum atomic E-state index is 12.6. The first-order valence-corrected chi connectivity index (χ1v) is 8.03. The van der Waals surface area contributed by atoms with Crippen LogP contribution in [0.25, 0.3) is 16.4 Å². The second kappa shape index (κ2) is 7.69. The molecule has 0 aliphatic heterocycles. The summed E-state index contributed by atoms with van der Waals surface area (Å²) in [5.74, 6) is 0.192. The standard InChI is InChI=1S/C19H18N2O4/c1-2-23-11-12-25-19(22)18-15-7-6-14(24-10-8-20)13-17(15)21-9-4-3-5-16(18)21/h3-7,9,13H,2,10-12H2,1H3. The summed E-state index contributed by atoms with van der Waals surface area (Å²) in [5, 5.41) is 9.43. The summed E-state index contributed by atoms with van der Waals surface area (Å²) >= 11 is 0. The highest BCUT2D eigenvalue weighted by Gasteiger charge is 2.19. The number of nitriles is 1. The molecule has 2 heterocycles. The van der Waals surface area contributed by atoms with E-state index in [4.69, 9.17) is 19.5 Å². The van der Waals surface area contributed by atoms with Crippen molar-refractivity contribution in [3.63, 3.8) is 0 Å². The summed E-state index contributed by atoms with van der Waals surface area (Å²) in [5.41, 5.74) is 2.10. The predicted molar refractivity (Wildman–Crippen MR) is 92.8 cm³/mol. The molecule has 3 aromatic rings. The molecular weight excluding hydrogens is 320 g/mol. The van der Waals surface area contributed by atoms with Gasteiger partial charge in [-0.2, -0.15) is 5.26 Å². The SMILES string of the molecule is CCOCCOC(=O)c1c2ccc(OCC#N)cc2n2ccccc12. The van der Waals surface area contributed by atoms with Crippen molar-refractivity contribution >= 4 is 22.4 Å². The molecule has 128 valence electrons. The Kier molecular flexibility index (Phi) is 5.17. The van der Waals surface area contributed by atoms with E-state index in [9.17, 15) is 4.79 Å². The number of ether oxygens (including phenoxy) is 3. The summed E-state index contributed by atoms with van der Waals surface area (Å²) in [6.07, 6.45) is 1.88. The fourth-order valence-corrected chi connectivity index (χ4v) is 2.75. The first-order valence-electron chi connectivity index (χ1n) is 8.03. The Hall–Kier alpha value is -3.04. The minimum atomic E-state index is -0.385. The number of pyridine rings is 1. The highest BCUT2D eigenvalue weighted by Crippen LogP contribution is 2.30. The minimum absolute atomic E-state index is 0.0266. The molecule has 0 spiro atoms. The third kappa shape index (κ3) is 3.42. The molecule has 0 unspecified atom stereocenters. The number of rotatable bonds is 7. The van der Waals surface area contributed by atoms with E-state index >= 15 is 0 Å². The summed E-state index contributed by atoms with van der Waals surface area (Å²) in [6, 6.07) is 13.0. The quantitative estimate of drug-likeness (QED) is 0.489. The van der Waals surface area contributed by atoms with E-state index in [1.54, 1.807) is 6.07 Å². The smallest absolute Gasteiger partial charge is 0.341 e. The van der Waals surface area contributed by atoms with E-state index in [1.807, 2.05) is 53.9 Å². The molecule has 0 fully saturated rings. The Morgan fingerprint density at radius 3 is 2.88 bits per heavy atom. The number of esters is 1. The zero-order valence-electron chi connectivity index (χ0n) is 13.9. The van der Waals surface area contributed by atoms with Crippen molar-refractivity contribution in [2.24, 2.45) is 0 Å². The topological polar surface area (TPSA) is 73.0 Å². The lowest BCUT2D eigenvalue weighted by molar-refractivity contribution is 0.0339. The van der Waals surface area contributed by atoms with Crippen LogP contribution in [0.5, 0.6) is 5.75 Å². The second-order valence-corrected chi connectivity index (χ2v) is 5.29. The number of hydrogen-bond acceptors (Lipinski definition) is 5. The molecule has 25 heavy (non-hydrogen) atoms. The maximum absolute atomic E-state index is 12.6. The zero-order chi connectivity index (χ0) is 17.6. The van der Waals surface area contributed by atoms with Crippen molar-refractivity contribution < 1.29 is 19.0 Å². The van der Waals surface area contributed by atoms with Gasteiger partial charge in [0.1, 0.15) is 18.4 Å². The normalized spacial score (nSPS) is 10.7. The molecule has 0 radical (unpaired) electrons. The van der Waals surface area contributed by atoms with Gasteiger partial charge in [0, 0.05) is 24.3 Å². The van der Waals surface area contributed by atoms with Crippen LogP contribution >= 0.6 is 0 Å². The first kappa shape index (κ1) is 16.8. The molecular formula is C19H18N2O4. The van der Waals surface area contributed by atoms with Gasteiger partial charge in [-0.3, -0.25) is 0 Å². The molecule has 0 bridgehead atoms. The highest BCUT2D eigenvalue weighted by atomic mass is 16.6. The lowest BCUT2D eigenvalue weighted by Gasteiger charge is -2.05. The Labute approximate surface area is 145 Å². The van der Waals surface area contributed by atoms with E-state index in [-0.39, 0.29) is 19.2 Å². The highest BCUT2D eigenvalue weighted by molar-refractivity contribution is 6.11. The second-order valence-electron chi connectivity index (χ2n) is 5.29. The van der Waals surface area contributed by atoms with E-state index < -0.39 is 0 Å². The Bertz CT molecular complexity index is 940. The molecule has 0 N–H and O–H groups in total. The summed E-state index contributed by atoms with van der Waals surface area (Å²) in [6.45, 7) is 3.03. The number of carbonyl (C=O) groups excluding carboxylic acids is 1. The summed E-state index contributed by atoms with van der Waals surface area (Å²) < 4.78 is 17.8. The van der Waals surface area contributed by atoms with Crippen molar-refractivity contribution in [2.45, 2.75) is 6.92 Å². The van der Waals surface area contributed by atoms with Crippen LogP contribution in [0.2, 0.25) is 0 Å². The third-order valence-corrected chi connectivity index (χ3v) is 3.79. The zero-order valence-corrected chi connectivity index (χ0v) is 13.9. The number of nitrogens with zero attached hydrogens (tertiary/aromatic N) is 2. The van der Waals surface area contributed by atoms with E-state index in [0.717, 1.165) is 16.4 Å². The fourth-order valence-electron chi connectivity index (χ4n) is 2.75. The average Bonchev–Trinajstić information content (AvgIpc) is 2.97. The molecule has 6 nitrogen and oxygen atoms in total. The van der Waals surface area contributed by atoms with Gasteiger partial charge in [0.25, 0.3) is 0 Å². The third-order valence-electron chi connectivity index (χ3n) is 3.79. The predicted octanol–water partition coefficient (Wildman–Crippen LogP) is 3.19. The van der Waals surface area contributed by atoms with Gasteiger partial charge in [-0.15, -0.1) is 0 Å². The van der Waals surface area contributed by atoms with E-state index in [1.165, 1.54) is 0 Å². The summed E-state index contributed by atoms with van der Waals surface area (Å²) in [4.78, 5) is 12.6. The molecule has 0 amide bonds. The first-order chi connectivity index (χ1) is 12.3. The molecule has 0 saturated heterocycles. The Morgan fingerprint density at radius 2 is 2.08 bits per heavy atom. The number of aromatic nitrogens is 1. The largest absolute Gasteiger partial charge is 0.479 e. The van der Waals surface area contributed by atoms with E-state index in [2.05, 4.69) is 0 Å². The molecule has 0 atom stereocenters. The van der Waals surface area contributed by atoms with Gasteiger partial charge in [-0.25, -0.2) is 4.79 Å². The van der Waals surface area contributed by atoms with Gasteiger partial charge >= 0.3 is 5.97 Å². The van der Waals surface area contributed by atoms with Crippen molar-refractivity contribution in [2.75, 3.05) is 26.4 Å². The fraction of sp³-hybridized carbons (Fsp3) is 0.263. The Morgan fingerprint density at radius 1 is 1.20 bits per heavy atom. The van der Waals surface area contributed by atoms with E-state index in [0.29, 0.717) is 24.5 Å². The Balaban J connectivity index is 2.01. The van der Waals surface area contributed by atoms with Crippen LogP contribution in [-0.2, 0) is 9.47 Å². The van der Waals surface area contributed by atoms with Crippen LogP contribution in [0.4, 0.5) is 0 Å². The van der Waals surface area contributed by atoms with Crippen molar-refractivity contribution in [1.82, 2.24) is 4.40 Å². The van der Waals surface area contributed by atoms with Gasteiger partial charge < -0.3 is 18.6 Å². The number of benzene rings is 1. The average molecular weight is 338 g/mol. The number of hydrogen-bond donors (Lipinski definition) is 0. The van der Waals surface area contributed by atoms with Crippen LogP contribution in [0.1, 0.15) is 17.3 Å². The van der Waals surface area contributed by atoms with Crippen LogP contribution in [0.15, 0.2) is 42.6 Å². The van der Waals surface area contributed by atoms with Crippen molar-refractivity contribution in [1.29, 1.82) is 5.26 Å². The molecule has 1 aromatic carbocycles. The lowest BCUT2D eigenvalue weighted by atomic mass is 10.1. The van der Waals surface area contributed by atoms with Gasteiger partial charge in [-0.05, 0) is 31.2 Å². The van der Waals surface area contributed by atoms with Crippen LogP contribution < -0.4 is 4.74 Å². The van der Waals surface area contributed by atoms with Crippen molar-refractivity contribution in [3.05, 3.63) is 48.2 Å². The van der Waals surface area contributed by atoms with Crippen LogP contribution in [-0.4, -0.2) is 36.8 Å². The number of fused-ring (bicyclic) bond motifs is 3. The van der Waals surface area contributed by atoms with Crippen molar-refractivity contribution in [3.8, 4) is 11.8 Å². The van der Waals surface area contributed by atoms with Gasteiger partial charge in [0.15, 0.2) is 6.61 Å². The van der Waals surface area contributed by atoms with Gasteiger partial charge in [0.05, 0.1) is 23.2 Å². The molecule has 0 saturated carbocycles. The molecule has 6 heteroatoms. The van der Waals surface area contributed by atoms with Crippen LogP contribution in [0.3, 0.4) is 0 Å².